The van der Waals surface area contributed by atoms with E-state index in [1.165, 1.54) is 12.8 Å². The summed E-state index contributed by atoms with van der Waals surface area (Å²) in [6, 6.07) is 0.0734. The van der Waals surface area contributed by atoms with Gasteiger partial charge in [-0.3, -0.25) is 16.2 Å². The van der Waals surface area contributed by atoms with Gasteiger partial charge in [0.1, 0.15) is 6.33 Å². The van der Waals surface area contributed by atoms with Crippen LogP contribution in [0.5, 0.6) is 0 Å². The molecule has 1 saturated carbocycles. The molecule has 3 N–H and O–H groups in total. The van der Waals surface area contributed by atoms with Gasteiger partial charge < -0.3 is 4.74 Å². The number of nitrogens with one attached hydrogen (secondary N) is 1. The Morgan fingerprint density at radius 2 is 1.85 bits per heavy atom. The summed E-state index contributed by atoms with van der Waals surface area (Å²) in [7, 11) is 0. The van der Waals surface area contributed by atoms with E-state index in [0.29, 0.717) is 0 Å². The molecule has 1 aliphatic heterocycles. The highest BCUT2D eigenvalue weighted by Gasteiger charge is 2.46. The van der Waals surface area contributed by atoms with Crippen molar-refractivity contribution in [2.24, 2.45) is 5.84 Å². The van der Waals surface area contributed by atoms with Crippen LogP contribution in [0.1, 0.15) is 37.3 Å². The van der Waals surface area contributed by atoms with Crippen LogP contribution < -0.4 is 11.3 Å². The summed E-state index contributed by atoms with van der Waals surface area (Å²) in [4.78, 5) is 10.9. The first kappa shape index (κ1) is 13.9. The number of morpholine rings is 1. The van der Waals surface area contributed by atoms with E-state index >= 15 is 0 Å². The van der Waals surface area contributed by atoms with Crippen molar-refractivity contribution in [2.45, 2.75) is 37.3 Å². The Labute approximate surface area is 119 Å². The Hall–Kier alpha value is -1.08. The minimum Gasteiger partial charge on any atom is -0.379 e. The van der Waals surface area contributed by atoms with Crippen LogP contribution in [0.15, 0.2) is 18.7 Å². The lowest BCUT2D eigenvalue weighted by Gasteiger charge is -2.48. The third-order valence-electron chi connectivity index (χ3n) is 4.73. The second-order valence-corrected chi connectivity index (χ2v) is 5.68. The average Bonchev–Trinajstić information content (AvgIpc) is 3.01. The molecule has 6 nitrogen and oxygen atoms in total. The lowest BCUT2D eigenvalue weighted by Crippen LogP contribution is -2.59. The number of hydrazine groups is 1. The number of nitrogens with two attached hydrogens (primary N) is 1. The van der Waals surface area contributed by atoms with Crippen molar-refractivity contribution < 1.29 is 4.74 Å². The Bertz CT molecular complexity index is 415. The molecule has 6 heteroatoms. The van der Waals surface area contributed by atoms with Crippen LogP contribution in [0.25, 0.3) is 0 Å². The van der Waals surface area contributed by atoms with Gasteiger partial charge in [0, 0.05) is 36.6 Å². The summed E-state index contributed by atoms with van der Waals surface area (Å²) in [5.74, 6) is 5.91. The average molecular weight is 277 g/mol. The van der Waals surface area contributed by atoms with Crippen molar-refractivity contribution in [1.82, 2.24) is 20.3 Å². The van der Waals surface area contributed by atoms with E-state index in [2.05, 4.69) is 20.3 Å². The van der Waals surface area contributed by atoms with Crippen molar-refractivity contribution in [3.05, 3.63) is 24.3 Å². The van der Waals surface area contributed by atoms with Crippen LogP contribution >= 0.6 is 0 Å². The highest BCUT2D eigenvalue weighted by Crippen LogP contribution is 2.44. The molecule has 1 saturated heterocycles. The Morgan fingerprint density at radius 1 is 1.20 bits per heavy atom. The van der Waals surface area contributed by atoms with E-state index < -0.39 is 0 Å². The van der Waals surface area contributed by atoms with Gasteiger partial charge >= 0.3 is 0 Å². The number of hydrogen-bond donors (Lipinski definition) is 2. The lowest BCUT2D eigenvalue weighted by molar-refractivity contribution is -0.0365. The molecule has 20 heavy (non-hydrogen) atoms. The zero-order chi connectivity index (χ0) is 13.8. The first-order valence-electron chi connectivity index (χ1n) is 7.41. The summed E-state index contributed by atoms with van der Waals surface area (Å²) in [5, 5.41) is 0. The quantitative estimate of drug-likeness (QED) is 0.621. The van der Waals surface area contributed by atoms with E-state index in [9.17, 15) is 0 Å². The van der Waals surface area contributed by atoms with Crippen LogP contribution in [-0.4, -0.2) is 46.7 Å². The van der Waals surface area contributed by atoms with Crippen LogP contribution in [-0.2, 0) is 4.74 Å². The second kappa shape index (κ2) is 6.13. The summed E-state index contributed by atoms with van der Waals surface area (Å²) in [5.41, 5.74) is 4.18. The Morgan fingerprint density at radius 3 is 2.45 bits per heavy atom. The SMILES string of the molecule is NNC(c1cncnc1)C1(N2CCOCC2)CCCC1. The maximum atomic E-state index is 5.91. The Kier molecular flexibility index (Phi) is 4.26. The van der Waals surface area contributed by atoms with Crippen LogP contribution in [0.3, 0.4) is 0 Å². The van der Waals surface area contributed by atoms with E-state index in [-0.39, 0.29) is 11.6 Å². The summed E-state index contributed by atoms with van der Waals surface area (Å²) in [6.07, 6.45) is 10.1. The molecule has 0 aromatic carbocycles. The summed E-state index contributed by atoms with van der Waals surface area (Å²) in [6.45, 7) is 3.58. The molecular formula is C14H23N5O. The molecule has 1 aliphatic carbocycles. The zero-order valence-corrected chi connectivity index (χ0v) is 11.8. The van der Waals surface area contributed by atoms with Gasteiger partial charge in [0.15, 0.2) is 0 Å². The lowest BCUT2D eigenvalue weighted by atomic mass is 9.82. The first-order valence-corrected chi connectivity index (χ1v) is 7.41. The van der Waals surface area contributed by atoms with Crippen molar-refractivity contribution in [1.29, 1.82) is 0 Å². The number of hydrogen-bond acceptors (Lipinski definition) is 6. The van der Waals surface area contributed by atoms with Gasteiger partial charge in [-0.1, -0.05) is 12.8 Å². The smallest absolute Gasteiger partial charge is 0.115 e. The monoisotopic (exact) mass is 277 g/mol. The molecule has 1 aromatic rings. The molecule has 0 bridgehead atoms. The van der Waals surface area contributed by atoms with Gasteiger partial charge in [0.05, 0.1) is 19.3 Å². The van der Waals surface area contributed by atoms with E-state index in [4.69, 9.17) is 10.6 Å². The normalized spacial score (nSPS) is 24.6. The largest absolute Gasteiger partial charge is 0.379 e. The predicted molar refractivity (Wildman–Crippen MR) is 75.7 cm³/mol. The fourth-order valence-electron chi connectivity index (χ4n) is 3.80. The third-order valence-corrected chi connectivity index (χ3v) is 4.73. The molecule has 1 atom stereocenters. The highest BCUT2D eigenvalue weighted by molar-refractivity contribution is 5.18. The molecule has 2 fully saturated rings. The minimum absolute atomic E-state index is 0.0727. The molecule has 2 heterocycles. The first-order chi connectivity index (χ1) is 9.87. The molecule has 0 spiro atoms. The maximum absolute atomic E-state index is 5.91. The topological polar surface area (TPSA) is 76.3 Å². The predicted octanol–water partition coefficient (Wildman–Crippen LogP) is 0.626. The minimum atomic E-state index is 0.0727. The van der Waals surface area contributed by atoms with E-state index in [0.717, 1.165) is 44.7 Å². The van der Waals surface area contributed by atoms with Gasteiger partial charge in [-0.05, 0) is 12.8 Å². The number of aromatic nitrogens is 2. The fraction of sp³-hybridized carbons (Fsp3) is 0.714. The molecule has 110 valence electrons. The molecule has 1 unspecified atom stereocenters. The summed E-state index contributed by atoms with van der Waals surface area (Å²) >= 11 is 0. The van der Waals surface area contributed by atoms with Crippen molar-refractivity contribution in [2.75, 3.05) is 26.3 Å². The van der Waals surface area contributed by atoms with E-state index in [1.54, 1.807) is 6.33 Å². The van der Waals surface area contributed by atoms with Crippen LogP contribution in [0.2, 0.25) is 0 Å². The van der Waals surface area contributed by atoms with Crippen molar-refractivity contribution >= 4 is 0 Å². The van der Waals surface area contributed by atoms with Gasteiger partial charge in [-0.25, -0.2) is 9.97 Å². The van der Waals surface area contributed by atoms with Gasteiger partial charge in [0.2, 0.25) is 0 Å². The van der Waals surface area contributed by atoms with E-state index in [1.807, 2.05) is 12.4 Å². The summed E-state index contributed by atoms with van der Waals surface area (Å²) < 4.78 is 5.51. The number of nitrogens with zero attached hydrogens (tertiary/aromatic N) is 3. The molecule has 0 amide bonds. The van der Waals surface area contributed by atoms with Crippen LogP contribution in [0.4, 0.5) is 0 Å². The number of rotatable bonds is 4. The van der Waals surface area contributed by atoms with Gasteiger partial charge in [0.25, 0.3) is 0 Å². The molecule has 2 aliphatic rings. The Balaban J connectivity index is 1.91. The fourth-order valence-corrected chi connectivity index (χ4v) is 3.80. The zero-order valence-electron chi connectivity index (χ0n) is 11.8. The second-order valence-electron chi connectivity index (χ2n) is 5.68. The molecule has 3 rings (SSSR count). The third kappa shape index (κ3) is 2.44. The molecule has 0 radical (unpaired) electrons. The van der Waals surface area contributed by atoms with Crippen molar-refractivity contribution in [3.63, 3.8) is 0 Å². The molecular weight excluding hydrogens is 254 g/mol. The highest BCUT2D eigenvalue weighted by atomic mass is 16.5. The molecule has 1 aromatic heterocycles. The van der Waals surface area contributed by atoms with Crippen LogP contribution in [0, 0.1) is 0 Å². The maximum Gasteiger partial charge on any atom is 0.115 e. The van der Waals surface area contributed by atoms with Gasteiger partial charge in [-0.15, -0.1) is 0 Å². The van der Waals surface area contributed by atoms with Crippen molar-refractivity contribution in [3.8, 4) is 0 Å². The standard InChI is InChI=1S/C14H23N5O/c15-18-13(12-9-16-11-17-10-12)14(3-1-2-4-14)19-5-7-20-8-6-19/h9-11,13,18H,1-8,15H2. The van der Waals surface area contributed by atoms with Gasteiger partial charge in [-0.2, -0.15) is 0 Å². The number of ether oxygens (including phenoxy) is 1.